The fraction of sp³-hybridized carbons (Fsp3) is 0.227. The molecule has 0 fully saturated rings. The van der Waals surface area contributed by atoms with Gasteiger partial charge in [-0.1, -0.05) is 25.5 Å². The summed E-state index contributed by atoms with van der Waals surface area (Å²) in [6, 6.07) is 11.5. The highest BCUT2D eigenvalue weighted by Gasteiger charge is 2.31. The van der Waals surface area contributed by atoms with Crippen molar-refractivity contribution >= 4 is 5.91 Å². The Morgan fingerprint density at radius 2 is 1.81 bits per heavy atom. The summed E-state index contributed by atoms with van der Waals surface area (Å²) < 4.78 is 53.3. The molecule has 0 spiro atoms. The third-order valence-corrected chi connectivity index (χ3v) is 4.60. The van der Waals surface area contributed by atoms with Gasteiger partial charge in [0.25, 0.3) is 11.5 Å². The Kier molecular flexibility index (Phi) is 6.53. The maximum absolute atomic E-state index is 13.1. The molecule has 0 aliphatic heterocycles. The monoisotopic (exact) mass is 433 g/mol. The molecule has 0 saturated heterocycles. The fourth-order valence-corrected chi connectivity index (χ4v) is 3.07. The zero-order valence-corrected chi connectivity index (χ0v) is 16.5. The Morgan fingerprint density at radius 3 is 2.45 bits per heavy atom. The number of nitrogens with zero attached hydrogens (tertiary/aromatic N) is 2. The number of hydrogen-bond acceptors (Lipinski definition) is 3. The minimum atomic E-state index is -4.50. The summed E-state index contributed by atoms with van der Waals surface area (Å²) in [7, 11) is 0. The van der Waals surface area contributed by atoms with Crippen LogP contribution < -0.4 is 10.9 Å². The lowest BCUT2D eigenvalue weighted by molar-refractivity contribution is -0.137. The van der Waals surface area contributed by atoms with E-state index in [0.717, 1.165) is 35.0 Å². The van der Waals surface area contributed by atoms with Crippen molar-refractivity contribution in [2.24, 2.45) is 0 Å². The van der Waals surface area contributed by atoms with E-state index in [0.29, 0.717) is 18.4 Å². The number of hydrogen-bond donors (Lipinski definition) is 1. The predicted molar refractivity (Wildman–Crippen MR) is 106 cm³/mol. The Hall–Kier alpha value is -3.49. The second kappa shape index (κ2) is 9.11. The van der Waals surface area contributed by atoms with Gasteiger partial charge in [-0.3, -0.25) is 9.59 Å². The van der Waals surface area contributed by atoms with Crippen LogP contribution in [0.3, 0.4) is 0 Å². The van der Waals surface area contributed by atoms with Crippen molar-refractivity contribution < 1.29 is 22.4 Å². The van der Waals surface area contributed by atoms with Crippen molar-refractivity contribution in [3.8, 4) is 5.69 Å². The second-order valence-corrected chi connectivity index (χ2v) is 6.88. The first-order valence-corrected chi connectivity index (χ1v) is 9.53. The summed E-state index contributed by atoms with van der Waals surface area (Å²) in [4.78, 5) is 24.9. The number of nitrogens with one attached hydrogen (secondary N) is 1. The van der Waals surface area contributed by atoms with Gasteiger partial charge in [-0.2, -0.15) is 23.0 Å². The van der Waals surface area contributed by atoms with Gasteiger partial charge >= 0.3 is 6.18 Å². The summed E-state index contributed by atoms with van der Waals surface area (Å²) in [5, 5.41) is 6.72. The normalized spacial score (nSPS) is 12.4. The second-order valence-electron chi connectivity index (χ2n) is 6.88. The number of amides is 1. The Balaban J connectivity index is 1.89. The van der Waals surface area contributed by atoms with Gasteiger partial charge in [0.15, 0.2) is 0 Å². The zero-order valence-electron chi connectivity index (χ0n) is 16.5. The van der Waals surface area contributed by atoms with Crippen LogP contribution >= 0.6 is 0 Å². The Bertz CT molecular complexity index is 1120. The molecular formula is C22H19F4N3O2. The summed E-state index contributed by atoms with van der Waals surface area (Å²) in [5.41, 5.74) is -0.840. The number of carbonyl (C=O) groups is 1. The van der Waals surface area contributed by atoms with Gasteiger partial charge < -0.3 is 5.32 Å². The van der Waals surface area contributed by atoms with Crippen molar-refractivity contribution in [3.05, 3.63) is 93.7 Å². The van der Waals surface area contributed by atoms with Crippen LogP contribution in [0.15, 0.2) is 65.5 Å². The van der Waals surface area contributed by atoms with Gasteiger partial charge in [-0.25, -0.2) is 4.39 Å². The first-order chi connectivity index (χ1) is 14.7. The number of carbonyl (C=O) groups excluding carboxylic acids is 1. The van der Waals surface area contributed by atoms with Crippen LogP contribution in [-0.4, -0.2) is 15.7 Å². The highest BCUT2D eigenvalue weighted by Crippen LogP contribution is 2.31. The minimum Gasteiger partial charge on any atom is -0.344 e. The smallest absolute Gasteiger partial charge is 0.344 e. The number of rotatable bonds is 6. The first-order valence-electron chi connectivity index (χ1n) is 9.53. The van der Waals surface area contributed by atoms with Crippen molar-refractivity contribution in [2.75, 3.05) is 0 Å². The van der Waals surface area contributed by atoms with Crippen LogP contribution in [-0.2, 0) is 6.18 Å². The van der Waals surface area contributed by atoms with E-state index in [-0.39, 0.29) is 11.4 Å². The summed E-state index contributed by atoms with van der Waals surface area (Å²) >= 11 is 0. The van der Waals surface area contributed by atoms with Crippen molar-refractivity contribution in [1.82, 2.24) is 15.1 Å². The molecule has 0 unspecified atom stereocenters. The lowest BCUT2D eigenvalue weighted by Crippen LogP contribution is -2.32. The van der Waals surface area contributed by atoms with Gasteiger partial charge in [0.2, 0.25) is 0 Å². The molecule has 5 nitrogen and oxygen atoms in total. The van der Waals surface area contributed by atoms with Gasteiger partial charge in [0, 0.05) is 6.07 Å². The van der Waals surface area contributed by atoms with Crippen molar-refractivity contribution in [2.45, 2.75) is 32.0 Å². The molecule has 0 aliphatic rings. The first kappa shape index (κ1) is 22.2. The molecule has 1 N–H and O–H groups in total. The highest BCUT2D eigenvalue weighted by molar-refractivity contribution is 5.92. The van der Waals surface area contributed by atoms with Crippen LogP contribution in [0.2, 0.25) is 0 Å². The van der Waals surface area contributed by atoms with Crippen LogP contribution in [0.5, 0.6) is 0 Å². The third-order valence-electron chi connectivity index (χ3n) is 4.60. The van der Waals surface area contributed by atoms with Gasteiger partial charge in [-0.15, -0.1) is 0 Å². The average Bonchev–Trinajstić information content (AvgIpc) is 2.74. The SMILES string of the molecule is CCC[C@H](NC(=O)c1ccc(=O)n(-c2ccc(F)cc2)n1)c1cccc(C(F)(F)F)c1. The third kappa shape index (κ3) is 5.36. The molecule has 0 bridgehead atoms. The minimum absolute atomic E-state index is 0.1000. The van der Waals surface area contributed by atoms with E-state index in [1.54, 1.807) is 0 Å². The number of aromatic nitrogens is 2. The van der Waals surface area contributed by atoms with Crippen molar-refractivity contribution in [3.63, 3.8) is 0 Å². The molecule has 3 aromatic rings. The maximum Gasteiger partial charge on any atom is 0.416 e. The van der Waals surface area contributed by atoms with E-state index >= 15 is 0 Å². The molecule has 0 aliphatic carbocycles. The topological polar surface area (TPSA) is 64.0 Å². The molecule has 1 heterocycles. The summed E-state index contributed by atoms with van der Waals surface area (Å²) in [5.74, 6) is -1.14. The highest BCUT2D eigenvalue weighted by atomic mass is 19.4. The fourth-order valence-electron chi connectivity index (χ4n) is 3.07. The molecule has 9 heteroatoms. The Labute approximate surface area is 175 Å². The molecule has 0 saturated carbocycles. The molecule has 2 aromatic carbocycles. The van der Waals surface area contributed by atoms with Crippen LogP contribution in [0.4, 0.5) is 17.6 Å². The molecule has 3 rings (SSSR count). The van der Waals surface area contributed by atoms with Crippen LogP contribution in [0, 0.1) is 5.82 Å². The predicted octanol–water partition coefficient (Wildman–Crippen LogP) is 4.66. The van der Waals surface area contributed by atoms with Crippen molar-refractivity contribution in [1.29, 1.82) is 0 Å². The standard InChI is InChI=1S/C22H19F4N3O2/c1-2-4-18(14-5-3-6-15(13-14)22(24,25)26)27-21(31)19-11-12-20(30)29(28-19)17-9-7-16(23)8-10-17/h3,5-13,18H,2,4H2,1H3,(H,27,31)/t18-/m0/s1. The summed E-state index contributed by atoms with van der Waals surface area (Å²) in [6.45, 7) is 1.85. The largest absolute Gasteiger partial charge is 0.416 e. The van der Waals surface area contributed by atoms with E-state index in [1.165, 1.54) is 30.3 Å². The van der Waals surface area contributed by atoms with Crippen LogP contribution in [0.25, 0.3) is 5.69 Å². The van der Waals surface area contributed by atoms with E-state index in [2.05, 4.69) is 10.4 Å². The van der Waals surface area contributed by atoms with E-state index in [9.17, 15) is 27.2 Å². The van der Waals surface area contributed by atoms with Gasteiger partial charge in [0.05, 0.1) is 17.3 Å². The number of benzene rings is 2. The molecule has 1 amide bonds. The molecular weight excluding hydrogens is 414 g/mol. The van der Waals surface area contributed by atoms with E-state index < -0.39 is 35.1 Å². The quantitative estimate of drug-likeness (QED) is 0.575. The lowest BCUT2D eigenvalue weighted by Gasteiger charge is -2.20. The molecule has 1 atom stereocenters. The zero-order chi connectivity index (χ0) is 22.6. The van der Waals surface area contributed by atoms with E-state index in [4.69, 9.17) is 0 Å². The molecule has 1 aromatic heterocycles. The number of alkyl halides is 3. The van der Waals surface area contributed by atoms with E-state index in [1.807, 2.05) is 6.92 Å². The average molecular weight is 433 g/mol. The maximum atomic E-state index is 13.1. The lowest BCUT2D eigenvalue weighted by atomic mass is 9.99. The summed E-state index contributed by atoms with van der Waals surface area (Å²) in [6.07, 6.45) is -3.47. The molecule has 0 radical (unpaired) electrons. The van der Waals surface area contributed by atoms with Gasteiger partial charge in [0.1, 0.15) is 11.5 Å². The van der Waals surface area contributed by atoms with Crippen LogP contribution in [0.1, 0.15) is 47.4 Å². The number of halogens is 4. The molecule has 31 heavy (non-hydrogen) atoms. The van der Waals surface area contributed by atoms with Gasteiger partial charge in [-0.05, 0) is 54.4 Å². The Morgan fingerprint density at radius 1 is 1.10 bits per heavy atom. The molecule has 162 valence electrons.